The lowest BCUT2D eigenvalue weighted by Crippen LogP contribution is -2.39. The molecule has 1 amide bonds. The standard InChI is InChI=1S/C18H27N3O3S/c1-14-4-3-10-21(14)17-9-11-20(12-17)16-7-5-15(6-8-16)19-18(22)13-25(2,23)24/h5-8,14,17H,3-4,9-13H2,1-2H3,(H,19,22). The highest BCUT2D eigenvalue weighted by molar-refractivity contribution is 7.91. The van der Waals surface area contributed by atoms with Crippen molar-refractivity contribution in [3.63, 3.8) is 0 Å². The van der Waals surface area contributed by atoms with Gasteiger partial charge in [0.25, 0.3) is 0 Å². The number of nitrogens with zero attached hydrogens (tertiary/aromatic N) is 2. The molecular formula is C18H27N3O3S. The molecule has 0 bridgehead atoms. The van der Waals surface area contributed by atoms with Crippen molar-refractivity contribution in [2.24, 2.45) is 0 Å². The van der Waals surface area contributed by atoms with E-state index in [0.717, 1.165) is 25.0 Å². The van der Waals surface area contributed by atoms with Crippen LogP contribution in [0.4, 0.5) is 11.4 Å². The summed E-state index contributed by atoms with van der Waals surface area (Å²) < 4.78 is 22.3. The van der Waals surface area contributed by atoms with E-state index in [1.54, 1.807) is 0 Å². The van der Waals surface area contributed by atoms with Gasteiger partial charge in [0, 0.05) is 42.8 Å². The summed E-state index contributed by atoms with van der Waals surface area (Å²) in [6.45, 7) is 5.63. The summed E-state index contributed by atoms with van der Waals surface area (Å²) in [5.74, 6) is -0.990. The molecule has 3 rings (SSSR count). The Hall–Kier alpha value is -1.60. The van der Waals surface area contributed by atoms with Crippen molar-refractivity contribution in [1.29, 1.82) is 0 Å². The SMILES string of the molecule is CC1CCCN1C1CCN(c2ccc(NC(=O)CS(C)(=O)=O)cc2)C1. The maximum absolute atomic E-state index is 11.7. The minimum Gasteiger partial charge on any atom is -0.370 e. The number of hydrogen-bond acceptors (Lipinski definition) is 5. The average molecular weight is 365 g/mol. The van der Waals surface area contributed by atoms with E-state index >= 15 is 0 Å². The summed E-state index contributed by atoms with van der Waals surface area (Å²) in [6.07, 6.45) is 4.86. The first kappa shape index (κ1) is 18.2. The van der Waals surface area contributed by atoms with Gasteiger partial charge in [0.15, 0.2) is 9.84 Å². The fraction of sp³-hybridized carbons (Fsp3) is 0.611. The molecule has 2 aliphatic rings. The third-order valence-corrected chi connectivity index (χ3v) is 5.93. The van der Waals surface area contributed by atoms with Crippen molar-refractivity contribution in [3.8, 4) is 0 Å². The first-order valence-electron chi connectivity index (χ1n) is 8.90. The molecule has 25 heavy (non-hydrogen) atoms. The topological polar surface area (TPSA) is 69.7 Å². The highest BCUT2D eigenvalue weighted by Gasteiger charge is 2.32. The number of sulfone groups is 1. The fourth-order valence-corrected chi connectivity index (χ4v) is 4.48. The molecule has 7 heteroatoms. The van der Waals surface area contributed by atoms with E-state index in [0.29, 0.717) is 17.8 Å². The number of anilines is 2. The van der Waals surface area contributed by atoms with E-state index in [-0.39, 0.29) is 0 Å². The average Bonchev–Trinajstić information content (AvgIpc) is 3.14. The van der Waals surface area contributed by atoms with Crippen LogP contribution in [-0.4, -0.2) is 63.0 Å². The third-order valence-electron chi connectivity index (χ3n) is 5.15. The number of hydrogen-bond donors (Lipinski definition) is 1. The highest BCUT2D eigenvalue weighted by Crippen LogP contribution is 2.28. The van der Waals surface area contributed by atoms with Gasteiger partial charge < -0.3 is 10.2 Å². The molecule has 2 unspecified atom stereocenters. The van der Waals surface area contributed by atoms with Crippen molar-refractivity contribution in [2.45, 2.75) is 38.3 Å². The molecule has 0 saturated carbocycles. The van der Waals surface area contributed by atoms with Gasteiger partial charge in [0.2, 0.25) is 5.91 Å². The Labute approximate surface area is 150 Å². The predicted octanol–water partition coefficient (Wildman–Crippen LogP) is 1.73. The highest BCUT2D eigenvalue weighted by atomic mass is 32.2. The number of rotatable bonds is 5. The van der Waals surface area contributed by atoms with Crippen LogP contribution in [0.25, 0.3) is 0 Å². The Kier molecular flexibility index (Phi) is 5.34. The van der Waals surface area contributed by atoms with Gasteiger partial charge in [-0.25, -0.2) is 8.42 Å². The Bertz CT molecular complexity index is 718. The van der Waals surface area contributed by atoms with Gasteiger partial charge in [-0.05, 0) is 57.0 Å². The summed E-state index contributed by atoms with van der Waals surface area (Å²) in [5.41, 5.74) is 1.77. The first-order valence-corrected chi connectivity index (χ1v) is 11.0. The second-order valence-electron chi connectivity index (χ2n) is 7.28. The zero-order chi connectivity index (χ0) is 18.0. The molecule has 138 valence electrons. The van der Waals surface area contributed by atoms with Gasteiger partial charge in [-0.3, -0.25) is 9.69 Å². The van der Waals surface area contributed by atoms with Crippen LogP contribution in [0.5, 0.6) is 0 Å². The van der Waals surface area contributed by atoms with Gasteiger partial charge in [-0.2, -0.15) is 0 Å². The molecule has 2 saturated heterocycles. The molecule has 2 atom stereocenters. The first-order chi connectivity index (χ1) is 11.8. The molecule has 2 aliphatic heterocycles. The maximum atomic E-state index is 11.7. The van der Waals surface area contributed by atoms with Gasteiger partial charge in [0.05, 0.1) is 0 Å². The van der Waals surface area contributed by atoms with Crippen LogP contribution in [0.15, 0.2) is 24.3 Å². The molecule has 1 aromatic rings. The number of carbonyl (C=O) groups excluding carboxylic acids is 1. The van der Waals surface area contributed by atoms with Crippen LogP contribution in [0.2, 0.25) is 0 Å². The molecule has 6 nitrogen and oxygen atoms in total. The van der Waals surface area contributed by atoms with Crippen LogP contribution in [-0.2, 0) is 14.6 Å². The summed E-state index contributed by atoms with van der Waals surface area (Å²) >= 11 is 0. The van der Waals surface area contributed by atoms with Gasteiger partial charge in [-0.15, -0.1) is 0 Å². The van der Waals surface area contributed by atoms with Crippen LogP contribution in [0, 0.1) is 0 Å². The molecule has 0 aromatic heterocycles. The molecule has 0 aliphatic carbocycles. The molecule has 0 radical (unpaired) electrons. The van der Waals surface area contributed by atoms with Crippen LogP contribution in [0.3, 0.4) is 0 Å². The van der Waals surface area contributed by atoms with Gasteiger partial charge >= 0.3 is 0 Å². The Balaban J connectivity index is 1.57. The summed E-state index contributed by atoms with van der Waals surface area (Å²) in [6, 6.07) is 8.98. The third kappa shape index (κ3) is 4.73. The van der Waals surface area contributed by atoms with Gasteiger partial charge in [0.1, 0.15) is 5.75 Å². The number of amides is 1. The van der Waals surface area contributed by atoms with E-state index in [9.17, 15) is 13.2 Å². The van der Waals surface area contributed by atoms with E-state index in [2.05, 4.69) is 22.0 Å². The van der Waals surface area contributed by atoms with Crippen molar-refractivity contribution in [2.75, 3.05) is 41.9 Å². The maximum Gasteiger partial charge on any atom is 0.239 e. The summed E-state index contributed by atoms with van der Waals surface area (Å²) in [5, 5.41) is 2.63. The summed E-state index contributed by atoms with van der Waals surface area (Å²) in [4.78, 5) is 16.7. The minimum absolute atomic E-state index is 0.490. The van der Waals surface area contributed by atoms with Gasteiger partial charge in [-0.1, -0.05) is 0 Å². The molecular weight excluding hydrogens is 338 g/mol. The van der Waals surface area contributed by atoms with Crippen molar-refractivity contribution in [3.05, 3.63) is 24.3 Å². The predicted molar refractivity (Wildman–Crippen MR) is 101 cm³/mol. The second-order valence-corrected chi connectivity index (χ2v) is 9.42. The van der Waals surface area contributed by atoms with Crippen LogP contribution < -0.4 is 10.2 Å². The van der Waals surface area contributed by atoms with E-state index in [4.69, 9.17) is 0 Å². The lowest BCUT2D eigenvalue weighted by atomic mass is 10.2. The van der Waals surface area contributed by atoms with E-state index in [1.165, 1.54) is 25.8 Å². The largest absolute Gasteiger partial charge is 0.370 e. The summed E-state index contributed by atoms with van der Waals surface area (Å²) in [7, 11) is -3.31. The zero-order valence-corrected chi connectivity index (χ0v) is 15.8. The molecule has 0 spiro atoms. The number of benzene rings is 1. The smallest absolute Gasteiger partial charge is 0.239 e. The zero-order valence-electron chi connectivity index (χ0n) is 14.9. The normalized spacial score (nSPS) is 24.6. The van der Waals surface area contributed by atoms with Crippen LogP contribution >= 0.6 is 0 Å². The fourth-order valence-electron chi connectivity index (χ4n) is 3.94. The number of likely N-dealkylation sites (tertiary alicyclic amines) is 1. The van der Waals surface area contributed by atoms with E-state index < -0.39 is 21.5 Å². The number of nitrogens with one attached hydrogen (secondary N) is 1. The van der Waals surface area contributed by atoms with Crippen molar-refractivity contribution < 1.29 is 13.2 Å². The van der Waals surface area contributed by atoms with Crippen molar-refractivity contribution >= 4 is 27.1 Å². The molecule has 2 heterocycles. The lowest BCUT2D eigenvalue weighted by Gasteiger charge is -2.28. The van der Waals surface area contributed by atoms with Crippen molar-refractivity contribution in [1.82, 2.24) is 4.90 Å². The van der Waals surface area contributed by atoms with Crippen LogP contribution in [0.1, 0.15) is 26.2 Å². The van der Waals surface area contributed by atoms with E-state index in [1.807, 2.05) is 24.3 Å². The molecule has 1 aromatic carbocycles. The Morgan fingerprint density at radius 1 is 1.20 bits per heavy atom. The monoisotopic (exact) mass is 365 g/mol. The number of carbonyl (C=O) groups is 1. The Morgan fingerprint density at radius 2 is 1.92 bits per heavy atom. The molecule has 1 N–H and O–H groups in total. The lowest BCUT2D eigenvalue weighted by molar-refractivity contribution is -0.113. The quantitative estimate of drug-likeness (QED) is 0.861. The Morgan fingerprint density at radius 3 is 2.52 bits per heavy atom. The molecule has 2 fully saturated rings. The minimum atomic E-state index is -3.31. The second kappa shape index (κ2) is 7.33.